The molecule has 1 fully saturated rings. The molecule has 0 bridgehead atoms. The van der Waals surface area contributed by atoms with Crippen molar-refractivity contribution in [3.05, 3.63) is 0 Å². The van der Waals surface area contributed by atoms with E-state index in [-0.39, 0.29) is 0 Å². The maximum absolute atomic E-state index is 4.10. The average Bonchev–Trinajstić information content (AvgIpc) is 1.55. The molecule has 1 aliphatic heterocycles. The van der Waals surface area contributed by atoms with Gasteiger partial charge in [-0.05, 0) is 5.75 Å². The van der Waals surface area contributed by atoms with Gasteiger partial charge in [-0.2, -0.15) is 11.8 Å². The molecule has 1 aliphatic rings. The minimum absolute atomic E-state index is 0.880. The van der Waals surface area contributed by atoms with Gasteiger partial charge in [-0.3, -0.25) is 0 Å². The van der Waals surface area contributed by atoms with Crippen molar-refractivity contribution < 1.29 is 0 Å². The highest BCUT2D eigenvalue weighted by molar-refractivity contribution is 7.99. The quantitative estimate of drug-likeness (QED) is 0.518. The molecule has 0 saturated carbocycles. The van der Waals surface area contributed by atoms with E-state index < -0.39 is 0 Å². The molecule has 0 aromatic heterocycles. The van der Waals surface area contributed by atoms with E-state index in [2.05, 4.69) is 12.2 Å². The van der Waals surface area contributed by atoms with E-state index in [0.29, 0.717) is 0 Å². The van der Waals surface area contributed by atoms with Gasteiger partial charge in [0.25, 0.3) is 0 Å². The van der Waals surface area contributed by atoms with Crippen LogP contribution >= 0.6 is 11.8 Å². The minimum Gasteiger partial charge on any atom is -0.239 e. The van der Waals surface area contributed by atoms with Crippen LogP contribution in [0.15, 0.2) is 0 Å². The van der Waals surface area contributed by atoms with E-state index >= 15 is 0 Å². The summed E-state index contributed by atoms with van der Waals surface area (Å²) in [6.07, 6.45) is 0. The lowest BCUT2D eigenvalue weighted by Crippen LogP contribution is -2.38. The first kappa shape index (κ1) is 5.45. The van der Waals surface area contributed by atoms with Crippen molar-refractivity contribution in [3.8, 4) is 0 Å². The molecular weight excluding hydrogens is 106 g/mol. The first-order valence-corrected chi connectivity index (χ1v) is 3.73. The van der Waals surface area contributed by atoms with Crippen LogP contribution in [0.25, 0.3) is 0 Å². The zero-order valence-electron chi connectivity index (χ0n) is 4.55. The number of rotatable bonds is 2. The predicted molar refractivity (Wildman–Crippen MR) is 33.8 cm³/mol. The molecule has 0 aromatic carbocycles. The highest BCUT2D eigenvalue weighted by Gasteiger charge is 2.16. The molecule has 0 amide bonds. The van der Waals surface area contributed by atoms with Crippen LogP contribution in [-0.4, -0.2) is 24.1 Å². The summed E-state index contributed by atoms with van der Waals surface area (Å²) < 4.78 is 0. The van der Waals surface area contributed by atoms with Crippen molar-refractivity contribution in [1.82, 2.24) is 5.32 Å². The first-order chi connectivity index (χ1) is 3.43. The molecule has 1 heterocycles. The number of hydrogen-bond acceptors (Lipinski definition) is 1. The van der Waals surface area contributed by atoms with Gasteiger partial charge >= 0.3 is 0 Å². The molecule has 0 spiro atoms. The van der Waals surface area contributed by atoms with Crippen LogP contribution in [0.2, 0.25) is 0 Å². The largest absolute Gasteiger partial charge is 0.239 e. The Kier molecular flexibility index (Phi) is 2.00. The Bertz CT molecular complexity index is 52.0. The Hall–Kier alpha value is 0.310. The summed E-state index contributed by atoms with van der Waals surface area (Å²) in [5, 5.41) is 4.98. The third-order valence-corrected chi connectivity index (χ3v) is 2.17. The molecule has 0 aromatic rings. The minimum atomic E-state index is 0.880. The lowest BCUT2D eigenvalue weighted by Gasteiger charge is -2.23. The van der Waals surface area contributed by atoms with E-state index in [4.69, 9.17) is 0 Å². The highest BCUT2D eigenvalue weighted by Crippen LogP contribution is 2.14. The summed E-state index contributed by atoms with van der Waals surface area (Å²) in [5.74, 6) is 1.25. The van der Waals surface area contributed by atoms with Gasteiger partial charge in [-0.25, -0.2) is 5.32 Å². The Morgan fingerprint density at radius 2 is 2.43 bits per heavy atom. The van der Waals surface area contributed by atoms with Gasteiger partial charge in [-0.15, -0.1) is 0 Å². The van der Waals surface area contributed by atoms with Crippen molar-refractivity contribution >= 4 is 11.8 Å². The standard InChI is InChI=1S/C5H10NS/c1-2-7-5-3-6-4-5/h5H,2-4H2,1H3. The van der Waals surface area contributed by atoms with Crippen molar-refractivity contribution in [2.24, 2.45) is 0 Å². The number of nitrogens with zero attached hydrogens (tertiary/aromatic N) is 1. The molecule has 0 atom stereocenters. The third kappa shape index (κ3) is 1.35. The van der Waals surface area contributed by atoms with Gasteiger partial charge in [-0.1, -0.05) is 6.92 Å². The predicted octanol–water partition coefficient (Wildman–Crippen LogP) is 0.726. The summed E-state index contributed by atoms with van der Waals surface area (Å²) in [7, 11) is 0. The normalized spacial score (nSPS) is 21.9. The molecule has 0 aliphatic carbocycles. The second-order valence-electron chi connectivity index (χ2n) is 1.67. The molecule has 0 N–H and O–H groups in total. The van der Waals surface area contributed by atoms with E-state index in [0.717, 1.165) is 18.3 Å². The molecular formula is C5H10NS. The fourth-order valence-electron chi connectivity index (χ4n) is 0.576. The van der Waals surface area contributed by atoms with Gasteiger partial charge in [0.05, 0.1) is 0 Å². The monoisotopic (exact) mass is 116 g/mol. The van der Waals surface area contributed by atoms with Crippen molar-refractivity contribution in [2.45, 2.75) is 12.2 Å². The molecule has 1 saturated heterocycles. The van der Waals surface area contributed by atoms with E-state index in [1.54, 1.807) is 0 Å². The fourth-order valence-corrected chi connectivity index (χ4v) is 1.47. The van der Waals surface area contributed by atoms with E-state index in [1.165, 1.54) is 5.75 Å². The van der Waals surface area contributed by atoms with E-state index in [1.807, 2.05) is 11.8 Å². The van der Waals surface area contributed by atoms with Gasteiger partial charge in [0.1, 0.15) is 0 Å². The Morgan fingerprint density at radius 1 is 1.71 bits per heavy atom. The van der Waals surface area contributed by atoms with Crippen molar-refractivity contribution in [1.29, 1.82) is 0 Å². The molecule has 1 nitrogen and oxygen atoms in total. The molecule has 2 heteroatoms. The second-order valence-corrected chi connectivity index (χ2v) is 3.24. The fraction of sp³-hybridized carbons (Fsp3) is 1.00. The topological polar surface area (TPSA) is 14.1 Å². The molecule has 7 heavy (non-hydrogen) atoms. The lowest BCUT2D eigenvalue weighted by molar-refractivity contribution is 0.531. The van der Waals surface area contributed by atoms with Crippen LogP contribution in [0.1, 0.15) is 6.92 Å². The van der Waals surface area contributed by atoms with Crippen LogP contribution in [0.5, 0.6) is 0 Å². The van der Waals surface area contributed by atoms with Crippen LogP contribution in [-0.2, 0) is 0 Å². The zero-order chi connectivity index (χ0) is 5.11. The Balaban J connectivity index is 1.93. The summed E-state index contributed by atoms with van der Waals surface area (Å²) in [6.45, 7) is 4.42. The second kappa shape index (κ2) is 2.58. The van der Waals surface area contributed by atoms with Crippen molar-refractivity contribution in [2.75, 3.05) is 18.8 Å². The molecule has 0 unspecified atom stereocenters. The van der Waals surface area contributed by atoms with Gasteiger partial charge < -0.3 is 0 Å². The van der Waals surface area contributed by atoms with Crippen LogP contribution in [0.4, 0.5) is 0 Å². The number of hydrogen-bond donors (Lipinski definition) is 0. The SMILES string of the molecule is CCSC1C[N]C1. The zero-order valence-corrected chi connectivity index (χ0v) is 5.37. The summed E-state index contributed by atoms with van der Waals surface area (Å²) in [5.41, 5.74) is 0. The van der Waals surface area contributed by atoms with Gasteiger partial charge in [0, 0.05) is 18.3 Å². The van der Waals surface area contributed by atoms with Crippen LogP contribution in [0.3, 0.4) is 0 Å². The third-order valence-electron chi connectivity index (χ3n) is 1.07. The first-order valence-electron chi connectivity index (χ1n) is 2.68. The van der Waals surface area contributed by atoms with Gasteiger partial charge in [0.15, 0.2) is 0 Å². The summed E-state index contributed by atoms with van der Waals surface area (Å²) in [4.78, 5) is 0. The highest BCUT2D eigenvalue weighted by atomic mass is 32.2. The summed E-state index contributed by atoms with van der Waals surface area (Å²) >= 11 is 2.02. The van der Waals surface area contributed by atoms with Crippen molar-refractivity contribution in [3.63, 3.8) is 0 Å². The number of thioether (sulfide) groups is 1. The maximum atomic E-state index is 4.10. The Morgan fingerprint density at radius 3 is 2.57 bits per heavy atom. The molecule has 41 valence electrons. The molecule has 1 radical (unpaired) electrons. The van der Waals surface area contributed by atoms with E-state index in [9.17, 15) is 0 Å². The Labute approximate surface area is 48.9 Å². The maximum Gasteiger partial charge on any atom is 0.0330 e. The average molecular weight is 116 g/mol. The molecule has 1 rings (SSSR count). The summed E-state index contributed by atoms with van der Waals surface area (Å²) in [6, 6.07) is 0. The van der Waals surface area contributed by atoms with Crippen LogP contribution in [0, 0.1) is 0 Å². The van der Waals surface area contributed by atoms with Gasteiger partial charge in [0.2, 0.25) is 0 Å². The smallest absolute Gasteiger partial charge is 0.0330 e. The van der Waals surface area contributed by atoms with Crippen LogP contribution < -0.4 is 5.32 Å². The lowest BCUT2D eigenvalue weighted by atomic mass is 10.3.